The molecule has 0 aliphatic heterocycles. The lowest BCUT2D eigenvalue weighted by Gasteiger charge is -2.12. The number of rotatable bonds is 8. The molecule has 1 aliphatic carbocycles. The number of nitrogens with one attached hydrogen (secondary N) is 1. The third-order valence-electron chi connectivity index (χ3n) is 3.18. The number of unbranched alkanes of at least 4 members (excludes halogenated alkanes) is 1. The third kappa shape index (κ3) is 5.21. The summed E-state index contributed by atoms with van der Waals surface area (Å²) in [5, 5.41) is 3.00. The summed E-state index contributed by atoms with van der Waals surface area (Å²) in [6.45, 7) is 1.91. The van der Waals surface area contributed by atoms with E-state index < -0.39 is 0 Å². The molecule has 1 rings (SSSR count). The van der Waals surface area contributed by atoms with Gasteiger partial charge < -0.3 is 10.2 Å². The summed E-state index contributed by atoms with van der Waals surface area (Å²) in [5.74, 6) is 1.05. The molecule has 0 unspecified atom stereocenters. The number of hydrogen-bond donors (Lipinski definition) is 2. The number of carbonyl (C=O) groups is 1. The minimum absolute atomic E-state index is 0.205. The molecule has 0 aromatic rings. The molecule has 0 aromatic carbocycles. The van der Waals surface area contributed by atoms with Crippen LogP contribution in [0.4, 0.5) is 0 Å². The van der Waals surface area contributed by atoms with E-state index in [1.54, 1.807) is 0 Å². The summed E-state index contributed by atoms with van der Waals surface area (Å²) in [5.41, 5.74) is 0.247. The predicted molar refractivity (Wildman–Crippen MR) is 70.9 cm³/mol. The van der Waals surface area contributed by atoms with Crippen molar-refractivity contribution in [3.63, 3.8) is 0 Å². The Hall–Kier alpha value is -0.220. The molecule has 1 fully saturated rings. The van der Waals surface area contributed by atoms with Gasteiger partial charge in [-0.3, -0.25) is 4.79 Å². The normalized spacial score (nSPS) is 17.5. The monoisotopic (exact) mass is 244 g/mol. The Balaban J connectivity index is 1.98. The molecule has 0 saturated heterocycles. The minimum Gasteiger partial charge on any atom is -0.356 e. The molecule has 0 heterocycles. The van der Waals surface area contributed by atoms with Crippen LogP contribution in [0, 0.1) is 5.41 Å². The molecule has 3 nitrogen and oxygen atoms in total. The van der Waals surface area contributed by atoms with Gasteiger partial charge in [-0.2, -0.15) is 12.6 Å². The highest BCUT2D eigenvalue weighted by molar-refractivity contribution is 7.80. The average molecular weight is 244 g/mol. The lowest BCUT2D eigenvalue weighted by atomic mass is 10.1. The van der Waals surface area contributed by atoms with E-state index in [1.165, 1.54) is 12.8 Å². The summed E-state index contributed by atoms with van der Waals surface area (Å²) in [4.78, 5) is 13.8. The van der Waals surface area contributed by atoms with Crippen molar-refractivity contribution < 1.29 is 4.79 Å². The van der Waals surface area contributed by atoms with Gasteiger partial charge in [0.1, 0.15) is 0 Å². The maximum atomic E-state index is 11.6. The van der Waals surface area contributed by atoms with E-state index in [0.29, 0.717) is 6.42 Å². The van der Waals surface area contributed by atoms with Gasteiger partial charge in [-0.05, 0) is 57.5 Å². The maximum Gasteiger partial charge on any atom is 0.220 e. The first-order chi connectivity index (χ1) is 7.58. The van der Waals surface area contributed by atoms with E-state index in [9.17, 15) is 4.79 Å². The zero-order valence-corrected chi connectivity index (χ0v) is 11.4. The zero-order valence-electron chi connectivity index (χ0n) is 10.5. The van der Waals surface area contributed by atoms with Gasteiger partial charge in [0.15, 0.2) is 0 Å². The van der Waals surface area contributed by atoms with Gasteiger partial charge in [0.25, 0.3) is 0 Å². The third-order valence-corrected chi connectivity index (χ3v) is 3.85. The quantitative estimate of drug-likeness (QED) is 0.501. The first-order valence-electron chi connectivity index (χ1n) is 6.10. The van der Waals surface area contributed by atoms with Crippen LogP contribution in [0.15, 0.2) is 0 Å². The maximum absolute atomic E-state index is 11.6. The van der Waals surface area contributed by atoms with Crippen molar-refractivity contribution in [3.05, 3.63) is 0 Å². The van der Waals surface area contributed by atoms with Gasteiger partial charge in [0.2, 0.25) is 5.91 Å². The standard InChI is InChI=1S/C12H24N2OS/c1-14(2)8-4-3-7-13-11(15)9-12(10-16)5-6-12/h16H,3-10H2,1-2H3,(H,13,15). The van der Waals surface area contributed by atoms with Gasteiger partial charge in [0, 0.05) is 13.0 Å². The van der Waals surface area contributed by atoms with Crippen LogP contribution in [0.5, 0.6) is 0 Å². The van der Waals surface area contributed by atoms with Crippen LogP contribution in [0.1, 0.15) is 32.1 Å². The van der Waals surface area contributed by atoms with Crippen molar-refractivity contribution in [2.45, 2.75) is 32.1 Å². The van der Waals surface area contributed by atoms with Gasteiger partial charge in [-0.25, -0.2) is 0 Å². The van der Waals surface area contributed by atoms with Crippen molar-refractivity contribution >= 4 is 18.5 Å². The molecule has 0 spiro atoms. The van der Waals surface area contributed by atoms with E-state index in [4.69, 9.17) is 0 Å². The van der Waals surface area contributed by atoms with E-state index >= 15 is 0 Å². The molecule has 1 N–H and O–H groups in total. The predicted octanol–water partition coefficient (Wildman–Crippen LogP) is 1.54. The summed E-state index contributed by atoms with van der Waals surface area (Å²) in [6, 6.07) is 0. The number of nitrogens with zero attached hydrogens (tertiary/aromatic N) is 1. The highest BCUT2D eigenvalue weighted by Gasteiger charge is 2.42. The Kier molecular flexibility index (Phi) is 5.62. The second-order valence-electron chi connectivity index (χ2n) is 5.20. The first kappa shape index (κ1) is 13.8. The van der Waals surface area contributed by atoms with Crippen molar-refractivity contribution in [2.24, 2.45) is 5.41 Å². The molecule has 0 bridgehead atoms. The van der Waals surface area contributed by atoms with E-state index in [0.717, 1.165) is 31.7 Å². The smallest absolute Gasteiger partial charge is 0.220 e. The number of hydrogen-bond acceptors (Lipinski definition) is 3. The molecule has 0 radical (unpaired) electrons. The van der Waals surface area contributed by atoms with Gasteiger partial charge in [-0.15, -0.1) is 0 Å². The van der Waals surface area contributed by atoms with Crippen LogP contribution in [0.25, 0.3) is 0 Å². The molecule has 4 heteroatoms. The van der Waals surface area contributed by atoms with E-state index in [-0.39, 0.29) is 11.3 Å². The van der Waals surface area contributed by atoms with Crippen LogP contribution in [-0.2, 0) is 4.79 Å². The summed E-state index contributed by atoms with van der Waals surface area (Å²) < 4.78 is 0. The van der Waals surface area contributed by atoms with Crippen molar-refractivity contribution in [2.75, 3.05) is 32.9 Å². The summed E-state index contributed by atoms with van der Waals surface area (Å²) >= 11 is 4.30. The van der Waals surface area contributed by atoms with Gasteiger partial charge in [-0.1, -0.05) is 0 Å². The number of thiol groups is 1. The van der Waals surface area contributed by atoms with Crippen molar-refractivity contribution in [1.82, 2.24) is 10.2 Å². The van der Waals surface area contributed by atoms with E-state index in [1.807, 2.05) is 0 Å². The molecular weight excluding hydrogens is 220 g/mol. The molecule has 1 saturated carbocycles. The molecule has 1 amide bonds. The fourth-order valence-electron chi connectivity index (χ4n) is 1.75. The van der Waals surface area contributed by atoms with Gasteiger partial charge in [0.05, 0.1) is 0 Å². The van der Waals surface area contributed by atoms with Crippen LogP contribution >= 0.6 is 12.6 Å². The zero-order chi connectivity index (χ0) is 12.0. The fraction of sp³-hybridized carbons (Fsp3) is 0.917. The molecular formula is C12H24N2OS. The van der Waals surface area contributed by atoms with Crippen LogP contribution in [-0.4, -0.2) is 43.7 Å². The molecule has 16 heavy (non-hydrogen) atoms. The number of carbonyl (C=O) groups excluding carboxylic acids is 1. The van der Waals surface area contributed by atoms with E-state index in [2.05, 4.69) is 36.9 Å². The Labute approximate surface area is 104 Å². The van der Waals surface area contributed by atoms with Gasteiger partial charge >= 0.3 is 0 Å². The lowest BCUT2D eigenvalue weighted by Crippen LogP contribution is -2.28. The molecule has 0 aromatic heterocycles. The van der Waals surface area contributed by atoms with Crippen LogP contribution in [0.3, 0.4) is 0 Å². The number of amides is 1. The second-order valence-corrected chi connectivity index (χ2v) is 5.51. The molecule has 0 atom stereocenters. The average Bonchev–Trinajstić information content (AvgIpc) is 2.97. The van der Waals surface area contributed by atoms with Crippen molar-refractivity contribution in [3.8, 4) is 0 Å². The largest absolute Gasteiger partial charge is 0.356 e. The highest BCUT2D eigenvalue weighted by atomic mass is 32.1. The van der Waals surface area contributed by atoms with Crippen LogP contribution in [0.2, 0.25) is 0 Å². The SMILES string of the molecule is CN(C)CCCCNC(=O)CC1(CS)CC1. The Morgan fingerprint density at radius 2 is 2.06 bits per heavy atom. The summed E-state index contributed by atoms with van der Waals surface area (Å²) in [6.07, 6.45) is 5.22. The lowest BCUT2D eigenvalue weighted by molar-refractivity contribution is -0.122. The first-order valence-corrected chi connectivity index (χ1v) is 6.73. The summed E-state index contributed by atoms with van der Waals surface area (Å²) in [7, 11) is 4.14. The fourth-order valence-corrected chi connectivity index (χ4v) is 2.18. The van der Waals surface area contributed by atoms with Crippen LogP contribution < -0.4 is 5.32 Å². The second kappa shape index (κ2) is 6.50. The topological polar surface area (TPSA) is 32.3 Å². The molecule has 94 valence electrons. The molecule has 1 aliphatic rings. The Morgan fingerprint density at radius 3 is 2.56 bits per heavy atom. The highest BCUT2D eigenvalue weighted by Crippen LogP contribution is 2.49. The Morgan fingerprint density at radius 1 is 1.38 bits per heavy atom. The minimum atomic E-state index is 0.205. The Bertz CT molecular complexity index is 227. The van der Waals surface area contributed by atoms with Crippen molar-refractivity contribution in [1.29, 1.82) is 0 Å².